The highest BCUT2D eigenvalue weighted by Gasteiger charge is 2.10. The SMILES string of the molecule is CC(=O)[C@@H](C)Cc1ccc([N+](=O)[O-])cc1. The number of benzene rings is 1. The molecule has 1 aromatic rings. The van der Waals surface area contributed by atoms with Gasteiger partial charge >= 0.3 is 0 Å². The quantitative estimate of drug-likeness (QED) is 0.562. The van der Waals surface area contributed by atoms with Gasteiger partial charge in [0, 0.05) is 18.1 Å². The van der Waals surface area contributed by atoms with Gasteiger partial charge in [0.05, 0.1) is 4.92 Å². The maximum absolute atomic E-state index is 11.0. The fourth-order valence-electron chi connectivity index (χ4n) is 1.25. The lowest BCUT2D eigenvalue weighted by Crippen LogP contribution is -2.09. The summed E-state index contributed by atoms with van der Waals surface area (Å²) in [5.74, 6) is 0.0970. The smallest absolute Gasteiger partial charge is 0.269 e. The highest BCUT2D eigenvalue weighted by molar-refractivity contribution is 5.78. The minimum atomic E-state index is -0.432. The summed E-state index contributed by atoms with van der Waals surface area (Å²) in [5, 5.41) is 10.4. The Hall–Kier alpha value is -1.71. The second kappa shape index (κ2) is 4.68. The summed E-state index contributed by atoms with van der Waals surface area (Å²) in [6.07, 6.45) is 0.632. The van der Waals surface area contributed by atoms with Gasteiger partial charge in [-0.25, -0.2) is 0 Å². The summed E-state index contributed by atoms with van der Waals surface area (Å²) >= 11 is 0. The Morgan fingerprint density at radius 1 is 1.40 bits per heavy atom. The summed E-state index contributed by atoms with van der Waals surface area (Å²) < 4.78 is 0. The molecule has 0 heterocycles. The summed E-state index contributed by atoms with van der Waals surface area (Å²) in [6, 6.07) is 6.31. The molecule has 0 saturated carbocycles. The number of Topliss-reactive ketones (excluding diaryl/α,β-unsaturated/α-hetero) is 1. The van der Waals surface area contributed by atoms with E-state index in [1.54, 1.807) is 19.1 Å². The Balaban J connectivity index is 2.72. The number of ketones is 1. The van der Waals surface area contributed by atoms with Crippen molar-refractivity contribution in [1.29, 1.82) is 0 Å². The molecule has 1 atom stereocenters. The summed E-state index contributed by atoms with van der Waals surface area (Å²) in [4.78, 5) is 21.0. The van der Waals surface area contributed by atoms with E-state index in [0.29, 0.717) is 6.42 Å². The first-order chi connectivity index (χ1) is 7.00. The van der Waals surface area contributed by atoms with Gasteiger partial charge < -0.3 is 0 Å². The standard InChI is InChI=1S/C11H13NO3/c1-8(9(2)13)7-10-3-5-11(6-4-10)12(14)15/h3-6,8H,7H2,1-2H3/t8-/m0/s1. The van der Waals surface area contributed by atoms with Crippen LogP contribution < -0.4 is 0 Å². The summed E-state index contributed by atoms with van der Waals surface area (Å²) in [7, 11) is 0. The van der Waals surface area contributed by atoms with E-state index in [2.05, 4.69) is 0 Å². The first-order valence-corrected chi connectivity index (χ1v) is 4.74. The molecule has 0 amide bonds. The van der Waals surface area contributed by atoms with Gasteiger partial charge in [0.1, 0.15) is 5.78 Å². The van der Waals surface area contributed by atoms with E-state index in [9.17, 15) is 14.9 Å². The van der Waals surface area contributed by atoms with E-state index in [0.717, 1.165) is 5.56 Å². The van der Waals surface area contributed by atoms with Crippen LogP contribution in [0.15, 0.2) is 24.3 Å². The van der Waals surface area contributed by atoms with Crippen LogP contribution in [0.2, 0.25) is 0 Å². The van der Waals surface area contributed by atoms with E-state index >= 15 is 0 Å². The third kappa shape index (κ3) is 3.16. The molecule has 0 saturated heterocycles. The van der Waals surface area contributed by atoms with Crippen LogP contribution in [-0.4, -0.2) is 10.7 Å². The van der Waals surface area contributed by atoms with Crippen LogP contribution in [0.1, 0.15) is 19.4 Å². The third-order valence-corrected chi connectivity index (χ3v) is 2.38. The molecule has 0 spiro atoms. The van der Waals surface area contributed by atoms with E-state index < -0.39 is 4.92 Å². The Bertz CT molecular complexity index is 370. The number of nitro groups is 1. The molecule has 0 aliphatic carbocycles. The van der Waals surface area contributed by atoms with Crippen molar-refractivity contribution < 1.29 is 9.72 Å². The van der Waals surface area contributed by atoms with Gasteiger partial charge in [-0.1, -0.05) is 19.1 Å². The number of nitro benzene ring substituents is 1. The zero-order chi connectivity index (χ0) is 11.4. The van der Waals surface area contributed by atoms with Gasteiger partial charge in [0.25, 0.3) is 5.69 Å². The molecule has 4 nitrogen and oxygen atoms in total. The average molecular weight is 207 g/mol. The number of hydrogen-bond donors (Lipinski definition) is 0. The van der Waals surface area contributed by atoms with Crippen molar-refractivity contribution in [2.75, 3.05) is 0 Å². The fraction of sp³-hybridized carbons (Fsp3) is 0.364. The molecular weight excluding hydrogens is 194 g/mol. The van der Waals surface area contributed by atoms with Crippen LogP contribution in [0.3, 0.4) is 0 Å². The number of rotatable bonds is 4. The normalized spacial score (nSPS) is 12.1. The Morgan fingerprint density at radius 2 is 1.93 bits per heavy atom. The van der Waals surface area contributed by atoms with E-state index in [-0.39, 0.29) is 17.4 Å². The Labute approximate surface area is 88.1 Å². The van der Waals surface area contributed by atoms with Gasteiger partial charge in [0.2, 0.25) is 0 Å². The lowest BCUT2D eigenvalue weighted by Gasteiger charge is -2.06. The van der Waals surface area contributed by atoms with Gasteiger partial charge in [-0.2, -0.15) is 0 Å². The molecular formula is C11H13NO3. The molecule has 0 aliphatic rings. The minimum Gasteiger partial charge on any atom is -0.300 e. The first kappa shape index (κ1) is 11.4. The second-order valence-corrected chi connectivity index (χ2v) is 3.64. The van der Waals surface area contributed by atoms with Crippen LogP contribution in [0.25, 0.3) is 0 Å². The number of carbonyl (C=O) groups is 1. The monoisotopic (exact) mass is 207 g/mol. The molecule has 15 heavy (non-hydrogen) atoms. The van der Waals surface area contributed by atoms with Crippen molar-refractivity contribution in [3.63, 3.8) is 0 Å². The molecule has 1 rings (SSSR count). The predicted molar refractivity (Wildman–Crippen MR) is 56.6 cm³/mol. The maximum atomic E-state index is 11.0. The van der Waals surface area contributed by atoms with Crippen molar-refractivity contribution in [2.45, 2.75) is 20.3 Å². The van der Waals surface area contributed by atoms with Crippen molar-refractivity contribution in [1.82, 2.24) is 0 Å². The van der Waals surface area contributed by atoms with Gasteiger partial charge in [-0.15, -0.1) is 0 Å². The third-order valence-electron chi connectivity index (χ3n) is 2.38. The zero-order valence-electron chi connectivity index (χ0n) is 8.77. The molecule has 0 N–H and O–H groups in total. The second-order valence-electron chi connectivity index (χ2n) is 3.64. The first-order valence-electron chi connectivity index (χ1n) is 4.74. The van der Waals surface area contributed by atoms with Crippen molar-refractivity contribution in [3.05, 3.63) is 39.9 Å². The minimum absolute atomic E-state index is 0.0357. The van der Waals surface area contributed by atoms with Gasteiger partial charge in [-0.3, -0.25) is 14.9 Å². The Morgan fingerprint density at radius 3 is 2.33 bits per heavy atom. The molecule has 0 aromatic heterocycles. The average Bonchev–Trinajstić information content (AvgIpc) is 2.18. The lowest BCUT2D eigenvalue weighted by molar-refractivity contribution is -0.384. The van der Waals surface area contributed by atoms with E-state index in [1.165, 1.54) is 12.1 Å². The van der Waals surface area contributed by atoms with Crippen LogP contribution in [0.5, 0.6) is 0 Å². The van der Waals surface area contributed by atoms with Crippen LogP contribution >= 0.6 is 0 Å². The topological polar surface area (TPSA) is 60.2 Å². The van der Waals surface area contributed by atoms with Gasteiger partial charge in [0.15, 0.2) is 0 Å². The summed E-state index contributed by atoms with van der Waals surface area (Å²) in [6.45, 7) is 3.40. The maximum Gasteiger partial charge on any atom is 0.269 e. The van der Waals surface area contributed by atoms with E-state index in [4.69, 9.17) is 0 Å². The van der Waals surface area contributed by atoms with Crippen molar-refractivity contribution >= 4 is 11.5 Å². The lowest BCUT2D eigenvalue weighted by atomic mass is 9.98. The number of hydrogen-bond acceptors (Lipinski definition) is 3. The molecule has 1 aromatic carbocycles. The van der Waals surface area contributed by atoms with Gasteiger partial charge in [-0.05, 0) is 18.9 Å². The highest BCUT2D eigenvalue weighted by Crippen LogP contribution is 2.15. The highest BCUT2D eigenvalue weighted by atomic mass is 16.6. The Kier molecular flexibility index (Phi) is 3.55. The van der Waals surface area contributed by atoms with Crippen LogP contribution in [0, 0.1) is 16.0 Å². The van der Waals surface area contributed by atoms with Crippen LogP contribution in [0.4, 0.5) is 5.69 Å². The number of carbonyl (C=O) groups excluding carboxylic acids is 1. The zero-order valence-corrected chi connectivity index (χ0v) is 8.77. The molecule has 0 aliphatic heterocycles. The fourth-order valence-corrected chi connectivity index (χ4v) is 1.25. The van der Waals surface area contributed by atoms with Crippen molar-refractivity contribution in [3.8, 4) is 0 Å². The molecule has 4 heteroatoms. The molecule has 0 fully saturated rings. The van der Waals surface area contributed by atoms with Crippen LogP contribution in [-0.2, 0) is 11.2 Å². The number of nitrogens with zero attached hydrogens (tertiary/aromatic N) is 1. The largest absolute Gasteiger partial charge is 0.300 e. The molecule has 0 unspecified atom stereocenters. The summed E-state index contributed by atoms with van der Waals surface area (Å²) in [5.41, 5.74) is 1.03. The molecule has 80 valence electrons. The molecule has 0 bridgehead atoms. The van der Waals surface area contributed by atoms with Crippen molar-refractivity contribution in [2.24, 2.45) is 5.92 Å². The number of non-ortho nitro benzene ring substituents is 1. The molecule has 0 radical (unpaired) electrons. The predicted octanol–water partition coefficient (Wildman–Crippen LogP) is 2.36. The van der Waals surface area contributed by atoms with E-state index in [1.807, 2.05) is 6.92 Å².